The maximum Gasteiger partial charge on any atom is 2.00 e. The fourth-order valence-corrected chi connectivity index (χ4v) is 4.61. The number of nitrogens with zero attached hydrogens (tertiary/aromatic N) is 2. The fraction of sp³-hybridized carbons (Fsp3) is 0.433. The van der Waals surface area contributed by atoms with Crippen molar-refractivity contribution >= 4 is 11.4 Å². The summed E-state index contributed by atoms with van der Waals surface area (Å²) in [6.07, 6.45) is 6.09. The Hall–Kier alpha value is -1.76. The van der Waals surface area contributed by atoms with Gasteiger partial charge in [0.2, 0.25) is 0 Å². The van der Waals surface area contributed by atoms with Crippen molar-refractivity contribution in [2.45, 2.75) is 59.9 Å². The van der Waals surface area contributed by atoms with Gasteiger partial charge in [-0.05, 0) is 60.1 Å². The Morgan fingerprint density at radius 1 is 0.622 bits per heavy atom. The zero-order chi connectivity index (χ0) is 24.2. The van der Waals surface area contributed by atoms with Crippen LogP contribution in [0.15, 0.2) is 60.8 Å². The number of halogens is 2. The van der Waals surface area contributed by atoms with Crippen LogP contribution in [0.4, 0.5) is 11.4 Å². The minimum atomic E-state index is 0. The molecule has 3 aromatic rings. The van der Waals surface area contributed by atoms with E-state index in [1.807, 2.05) is 12.3 Å². The van der Waals surface area contributed by atoms with Crippen LogP contribution in [0.3, 0.4) is 0 Å². The minimum absolute atomic E-state index is 0. The number of benzene rings is 2. The SMILES string of the molecule is CCc1cccc(CC)c1NCCN(CCNc1c(CC)cccc1CC)Cc1ccccn1.[Cl-].[Cl-].[Co+2]. The molecule has 1 aromatic heterocycles. The van der Waals surface area contributed by atoms with Crippen LogP contribution >= 0.6 is 0 Å². The molecule has 0 aliphatic rings. The van der Waals surface area contributed by atoms with E-state index in [1.54, 1.807) is 0 Å². The van der Waals surface area contributed by atoms with Gasteiger partial charge in [0, 0.05) is 50.3 Å². The molecule has 2 N–H and O–H groups in total. The van der Waals surface area contributed by atoms with Gasteiger partial charge in [0.15, 0.2) is 0 Å². The van der Waals surface area contributed by atoms with Crippen molar-refractivity contribution in [2.24, 2.45) is 0 Å². The van der Waals surface area contributed by atoms with Crippen LogP contribution in [0.5, 0.6) is 0 Å². The number of rotatable bonds is 14. The van der Waals surface area contributed by atoms with Crippen LogP contribution in [-0.4, -0.2) is 36.1 Å². The monoisotopic (exact) mass is 587 g/mol. The first kappa shape index (κ1) is 35.2. The number of anilines is 2. The standard InChI is InChI=1S/C30H42N4.2ClH.Co/c1-5-24-13-11-14-25(6-2)29(24)32-19-21-34(23-28-17-9-10-18-31-28)22-20-33-30-26(7-3)15-12-16-27(30)8-4;;;/h9-18,32-33H,5-8,19-23H2,1-4H3;2*1H;/q;;;+2/p-2. The minimum Gasteiger partial charge on any atom is -1.00 e. The van der Waals surface area contributed by atoms with Crippen molar-refractivity contribution in [2.75, 3.05) is 36.8 Å². The van der Waals surface area contributed by atoms with Crippen LogP contribution in [0, 0.1) is 0 Å². The molecule has 0 spiro atoms. The molecule has 0 atom stereocenters. The first-order valence-corrected chi connectivity index (χ1v) is 13.0. The third-order valence-electron chi connectivity index (χ3n) is 6.57. The van der Waals surface area contributed by atoms with Gasteiger partial charge in [-0.15, -0.1) is 0 Å². The van der Waals surface area contributed by atoms with Gasteiger partial charge in [0.25, 0.3) is 0 Å². The average Bonchev–Trinajstić information content (AvgIpc) is 2.89. The first-order chi connectivity index (χ1) is 16.7. The van der Waals surface area contributed by atoms with E-state index in [0.29, 0.717) is 0 Å². The van der Waals surface area contributed by atoms with Gasteiger partial charge in [-0.2, -0.15) is 0 Å². The van der Waals surface area contributed by atoms with Crippen LogP contribution in [0.1, 0.15) is 55.6 Å². The number of para-hydroxylation sites is 2. The Morgan fingerprint density at radius 3 is 1.41 bits per heavy atom. The number of pyridine rings is 1. The van der Waals surface area contributed by atoms with Gasteiger partial charge in [-0.25, -0.2) is 0 Å². The van der Waals surface area contributed by atoms with Gasteiger partial charge >= 0.3 is 16.8 Å². The van der Waals surface area contributed by atoms with Crippen LogP contribution < -0.4 is 35.4 Å². The van der Waals surface area contributed by atoms with E-state index < -0.39 is 0 Å². The zero-order valence-corrected chi connectivity index (χ0v) is 25.2. The summed E-state index contributed by atoms with van der Waals surface area (Å²) in [5.74, 6) is 0. The Balaban J connectivity index is 0.00000432. The predicted octanol–water partition coefficient (Wildman–Crippen LogP) is 0.363. The summed E-state index contributed by atoms with van der Waals surface area (Å²) in [6.45, 7) is 13.6. The quantitative estimate of drug-likeness (QED) is 0.286. The zero-order valence-electron chi connectivity index (χ0n) is 22.6. The van der Waals surface area contributed by atoms with Gasteiger partial charge in [-0.1, -0.05) is 70.2 Å². The molecule has 0 bridgehead atoms. The van der Waals surface area contributed by atoms with E-state index in [9.17, 15) is 0 Å². The summed E-state index contributed by atoms with van der Waals surface area (Å²) in [4.78, 5) is 7.08. The topological polar surface area (TPSA) is 40.2 Å². The second-order valence-electron chi connectivity index (χ2n) is 8.77. The molecule has 0 amide bonds. The molecule has 4 nitrogen and oxygen atoms in total. The van der Waals surface area contributed by atoms with Crippen molar-refractivity contribution in [3.63, 3.8) is 0 Å². The van der Waals surface area contributed by atoms with E-state index in [2.05, 4.69) is 96.7 Å². The number of aryl methyl sites for hydroxylation is 4. The number of hydrogen-bond donors (Lipinski definition) is 2. The van der Waals surface area contributed by atoms with E-state index in [1.165, 1.54) is 33.6 Å². The van der Waals surface area contributed by atoms with Crippen molar-refractivity contribution < 1.29 is 41.6 Å². The smallest absolute Gasteiger partial charge is 1.00 e. The summed E-state index contributed by atoms with van der Waals surface area (Å²) < 4.78 is 0. The maximum absolute atomic E-state index is 4.58. The molecular weight excluding hydrogens is 546 g/mol. The van der Waals surface area contributed by atoms with E-state index in [0.717, 1.165) is 64.1 Å². The fourth-order valence-electron chi connectivity index (χ4n) is 4.61. The summed E-state index contributed by atoms with van der Waals surface area (Å²) in [6, 6.07) is 19.5. The Labute approximate surface area is 247 Å². The Bertz CT molecular complexity index is 912. The van der Waals surface area contributed by atoms with Gasteiger partial charge < -0.3 is 35.4 Å². The Kier molecular flexibility index (Phi) is 18.4. The summed E-state index contributed by atoms with van der Waals surface area (Å²) in [5.41, 5.74) is 9.39. The summed E-state index contributed by atoms with van der Waals surface area (Å²) >= 11 is 0. The number of nitrogens with one attached hydrogen (secondary N) is 2. The van der Waals surface area contributed by atoms with Crippen molar-refractivity contribution in [1.29, 1.82) is 0 Å². The molecule has 0 fully saturated rings. The summed E-state index contributed by atoms with van der Waals surface area (Å²) in [7, 11) is 0. The second-order valence-corrected chi connectivity index (χ2v) is 8.77. The van der Waals surface area contributed by atoms with Crippen molar-refractivity contribution in [3.05, 3.63) is 88.7 Å². The first-order valence-electron chi connectivity index (χ1n) is 13.0. The molecule has 37 heavy (non-hydrogen) atoms. The van der Waals surface area contributed by atoms with Crippen molar-refractivity contribution in [3.8, 4) is 0 Å². The van der Waals surface area contributed by atoms with Gasteiger partial charge in [-0.3, -0.25) is 9.88 Å². The van der Waals surface area contributed by atoms with E-state index >= 15 is 0 Å². The van der Waals surface area contributed by atoms with E-state index in [-0.39, 0.29) is 41.6 Å². The number of aromatic nitrogens is 1. The van der Waals surface area contributed by atoms with Crippen LogP contribution in [0.25, 0.3) is 0 Å². The molecule has 0 aliphatic heterocycles. The Morgan fingerprint density at radius 2 is 1.05 bits per heavy atom. The number of hydrogen-bond acceptors (Lipinski definition) is 4. The molecule has 3 rings (SSSR count). The molecule has 7 heteroatoms. The molecule has 0 saturated carbocycles. The normalized spacial score (nSPS) is 10.2. The maximum atomic E-state index is 4.58. The molecular formula is C30H42Cl2CoN4. The third kappa shape index (κ3) is 10.5. The van der Waals surface area contributed by atoms with Crippen molar-refractivity contribution in [1.82, 2.24) is 9.88 Å². The predicted molar refractivity (Wildman–Crippen MR) is 147 cm³/mol. The molecule has 0 aliphatic carbocycles. The van der Waals surface area contributed by atoms with Crippen LogP contribution in [-0.2, 0) is 49.0 Å². The largest absolute Gasteiger partial charge is 2.00 e. The molecule has 1 radical (unpaired) electrons. The molecule has 2 aromatic carbocycles. The third-order valence-corrected chi connectivity index (χ3v) is 6.57. The molecule has 1 heterocycles. The van der Waals surface area contributed by atoms with Gasteiger partial charge in [0.05, 0.1) is 5.69 Å². The second kappa shape index (κ2) is 19.3. The van der Waals surface area contributed by atoms with E-state index in [4.69, 9.17) is 0 Å². The average molecular weight is 589 g/mol. The molecule has 0 saturated heterocycles. The molecule has 205 valence electrons. The van der Waals surface area contributed by atoms with Crippen LogP contribution in [0.2, 0.25) is 0 Å². The summed E-state index contributed by atoms with van der Waals surface area (Å²) in [5, 5.41) is 7.52. The molecule has 0 unspecified atom stereocenters. The van der Waals surface area contributed by atoms with Gasteiger partial charge in [0.1, 0.15) is 0 Å².